The summed E-state index contributed by atoms with van der Waals surface area (Å²) in [6.07, 6.45) is 2.05. The first kappa shape index (κ1) is 16.8. The van der Waals surface area contributed by atoms with Gasteiger partial charge in [0.1, 0.15) is 0 Å². The molecule has 0 saturated heterocycles. The average molecular weight is 405 g/mol. The molecule has 0 heterocycles. The Kier molecular flexibility index (Phi) is 3.07. The van der Waals surface area contributed by atoms with Crippen LogP contribution in [-0.4, -0.2) is 0 Å². The molecule has 0 N–H and O–H groups in total. The predicted octanol–water partition coefficient (Wildman–Crippen LogP) is 8.29. The summed E-state index contributed by atoms with van der Waals surface area (Å²) < 4.78 is 0. The van der Waals surface area contributed by atoms with E-state index >= 15 is 0 Å². The van der Waals surface area contributed by atoms with Crippen LogP contribution in [0.3, 0.4) is 0 Å². The third-order valence-corrected chi connectivity index (χ3v) is 7.72. The third-order valence-electron chi connectivity index (χ3n) is 7.72. The van der Waals surface area contributed by atoms with E-state index in [2.05, 4.69) is 97.1 Å². The molecule has 0 radical (unpaired) electrons. The molecule has 6 aromatic rings. The molecule has 0 saturated carbocycles. The third kappa shape index (κ3) is 1.98. The zero-order valence-electron chi connectivity index (χ0n) is 17.7. The molecular weight excluding hydrogens is 384 g/mol. The highest BCUT2D eigenvalue weighted by Gasteiger charge is 2.32. The average Bonchev–Trinajstić information content (AvgIpc) is 3.43. The van der Waals surface area contributed by atoms with Gasteiger partial charge in [-0.2, -0.15) is 0 Å². The quantitative estimate of drug-likeness (QED) is 0.238. The van der Waals surface area contributed by atoms with Gasteiger partial charge in [0.25, 0.3) is 0 Å². The van der Waals surface area contributed by atoms with E-state index in [4.69, 9.17) is 0 Å². The predicted molar refractivity (Wildman–Crippen MR) is 135 cm³/mol. The second-order valence-corrected chi connectivity index (χ2v) is 9.24. The zero-order valence-corrected chi connectivity index (χ0v) is 17.7. The first-order valence-corrected chi connectivity index (χ1v) is 11.5. The molecule has 0 spiro atoms. The fourth-order valence-electron chi connectivity index (χ4n) is 6.43. The molecule has 2 aliphatic rings. The van der Waals surface area contributed by atoms with Crippen molar-refractivity contribution in [2.75, 3.05) is 0 Å². The SMILES string of the molecule is c1ccc2c3c(ccc2c1)-c1c2c(c4ccccc4c1C3)-c1c(ccc3ccccc13)C2. The van der Waals surface area contributed by atoms with Gasteiger partial charge in [-0.05, 0) is 89.7 Å². The summed E-state index contributed by atoms with van der Waals surface area (Å²) in [5, 5.41) is 8.28. The maximum Gasteiger partial charge on any atom is -0.000100 e. The second-order valence-electron chi connectivity index (χ2n) is 9.24. The molecule has 0 heteroatoms. The van der Waals surface area contributed by atoms with Crippen LogP contribution in [0.4, 0.5) is 0 Å². The van der Waals surface area contributed by atoms with Gasteiger partial charge in [0, 0.05) is 0 Å². The van der Waals surface area contributed by atoms with Crippen LogP contribution < -0.4 is 0 Å². The second kappa shape index (κ2) is 5.87. The number of benzene rings is 6. The molecule has 0 aromatic heterocycles. The summed E-state index contributed by atoms with van der Waals surface area (Å²) in [6.45, 7) is 0. The van der Waals surface area contributed by atoms with Gasteiger partial charge in [0.2, 0.25) is 0 Å². The van der Waals surface area contributed by atoms with Crippen LogP contribution in [-0.2, 0) is 12.8 Å². The van der Waals surface area contributed by atoms with E-state index in [1.54, 1.807) is 0 Å². The molecule has 0 aliphatic heterocycles. The van der Waals surface area contributed by atoms with Crippen LogP contribution >= 0.6 is 0 Å². The lowest BCUT2D eigenvalue weighted by Crippen LogP contribution is -1.92. The van der Waals surface area contributed by atoms with Crippen molar-refractivity contribution < 1.29 is 0 Å². The number of fused-ring (bicyclic) bond motifs is 14. The smallest absolute Gasteiger partial charge is 0.000100 e. The van der Waals surface area contributed by atoms with Crippen molar-refractivity contribution in [3.8, 4) is 22.3 Å². The van der Waals surface area contributed by atoms with Crippen LogP contribution in [0.25, 0.3) is 54.6 Å². The van der Waals surface area contributed by atoms with E-state index in [1.807, 2.05) is 0 Å². The Labute approximate surface area is 186 Å². The lowest BCUT2D eigenvalue weighted by Gasteiger charge is -2.15. The highest BCUT2D eigenvalue weighted by Crippen LogP contribution is 2.54. The van der Waals surface area contributed by atoms with Crippen LogP contribution in [0, 0.1) is 0 Å². The van der Waals surface area contributed by atoms with Gasteiger partial charge in [0.05, 0.1) is 0 Å². The van der Waals surface area contributed by atoms with Crippen LogP contribution in [0.15, 0.2) is 97.1 Å². The highest BCUT2D eigenvalue weighted by molar-refractivity contribution is 6.15. The molecule has 8 rings (SSSR count). The van der Waals surface area contributed by atoms with Gasteiger partial charge in [-0.3, -0.25) is 0 Å². The summed E-state index contributed by atoms with van der Waals surface area (Å²) in [7, 11) is 0. The van der Waals surface area contributed by atoms with Crippen molar-refractivity contribution in [3.05, 3.63) is 119 Å². The van der Waals surface area contributed by atoms with Gasteiger partial charge in [-0.1, -0.05) is 97.1 Å². The van der Waals surface area contributed by atoms with Gasteiger partial charge in [0.15, 0.2) is 0 Å². The van der Waals surface area contributed by atoms with Gasteiger partial charge in [-0.25, -0.2) is 0 Å². The summed E-state index contributed by atoms with van der Waals surface area (Å²) in [4.78, 5) is 0. The maximum atomic E-state index is 2.37. The first-order valence-electron chi connectivity index (χ1n) is 11.5. The van der Waals surface area contributed by atoms with Gasteiger partial charge >= 0.3 is 0 Å². The van der Waals surface area contributed by atoms with Crippen LogP contribution in [0.2, 0.25) is 0 Å². The Morgan fingerprint density at radius 2 is 1.03 bits per heavy atom. The molecule has 0 fully saturated rings. The molecular formula is C32H20. The summed E-state index contributed by atoms with van der Waals surface area (Å²) in [5.74, 6) is 0. The molecule has 0 nitrogen and oxygen atoms in total. The summed E-state index contributed by atoms with van der Waals surface area (Å²) >= 11 is 0. The normalized spacial score (nSPS) is 13.4. The molecule has 0 amide bonds. The van der Waals surface area contributed by atoms with Crippen LogP contribution in [0.5, 0.6) is 0 Å². The lowest BCUT2D eigenvalue weighted by molar-refractivity contribution is 1.26. The summed E-state index contributed by atoms with van der Waals surface area (Å²) in [6, 6.07) is 36.1. The molecule has 2 aliphatic carbocycles. The monoisotopic (exact) mass is 404 g/mol. The largest absolute Gasteiger partial charge is 0.0616 e. The van der Waals surface area contributed by atoms with E-state index in [0.29, 0.717) is 0 Å². The van der Waals surface area contributed by atoms with Crippen molar-refractivity contribution in [3.63, 3.8) is 0 Å². The molecule has 148 valence electrons. The Bertz CT molecular complexity index is 1770. The first-order chi connectivity index (χ1) is 15.9. The van der Waals surface area contributed by atoms with Crippen molar-refractivity contribution in [1.29, 1.82) is 0 Å². The van der Waals surface area contributed by atoms with E-state index in [-0.39, 0.29) is 0 Å². The van der Waals surface area contributed by atoms with Crippen molar-refractivity contribution in [2.45, 2.75) is 12.8 Å². The molecule has 6 aromatic carbocycles. The summed E-state index contributed by atoms with van der Waals surface area (Å²) in [5.41, 5.74) is 11.9. The Balaban J connectivity index is 1.56. The van der Waals surface area contributed by atoms with E-state index < -0.39 is 0 Å². The van der Waals surface area contributed by atoms with E-state index in [9.17, 15) is 0 Å². The van der Waals surface area contributed by atoms with E-state index in [0.717, 1.165) is 12.8 Å². The topological polar surface area (TPSA) is 0 Å². The fourth-order valence-corrected chi connectivity index (χ4v) is 6.43. The molecule has 0 unspecified atom stereocenters. The number of hydrogen-bond acceptors (Lipinski definition) is 0. The Morgan fingerprint density at radius 1 is 0.375 bits per heavy atom. The molecule has 0 atom stereocenters. The van der Waals surface area contributed by atoms with Crippen molar-refractivity contribution in [2.24, 2.45) is 0 Å². The van der Waals surface area contributed by atoms with Crippen LogP contribution in [0.1, 0.15) is 22.3 Å². The number of hydrogen-bond donors (Lipinski definition) is 0. The zero-order chi connectivity index (χ0) is 20.8. The molecule has 32 heavy (non-hydrogen) atoms. The van der Waals surface area contributed by atoms with E-state index in [1.165, 1.54) is 76.8 Å². The lowest BCUT2D eigenvalue weighted by atomic mass is 9.88. The molecule has 0 bridgehead atoms. The Hall–Kier alpha value is -3.90. The minimum atomic E-state index is 1.02. The Morgan fingerprint density at radius 3 is 1.88 bits per heavy atom. The van der Waals surface area contributed by atoms with Gasteiger partial charge < -0.3 is 0 Å². The number of rotatable bonds is 0. The minimum absolute atomic E-state index is 1.02. The minimum Gasteiger partial charge on any atom is -0.0616 e. The van der Waals surface area contributed by atoms with Crippen molar-refractivity contribution >= 4 is 32.3 Å². The highest BCUT2D eigenvalue weighted by atomic mass is 14.4. The van der Waals surface area contributed by atoms with Gasteiger partial charge in [-0.15, -0.1) is 0 Å². The van der Waals surface area contributed by atoms with Crippen molar-refractivity contribution in [1.82, 2.24) is 0 Å². The fraction of sp³-hybridized carbons (Fsp3) is 0.0625. The maximum absolute atomic E-state index is 2.37. The standard InChI is InChI=1S/C32H20/c1-3-9-22-19(7-1)15-16-26-27(22)18-28-24-11-5-6-12-25(24)32-29(31(26)28)17-21-14-13-20-8-2-4-10-23(20)30(21)32/h1-16H,17-18H2.